The molecule has 1 N–H and O–H groups in total. The minimum absolute atomic E-state index is 0.136. The number of hydrogen-bond acceptors (Lipinski definition) is 3. The monoisotopic (exact) mass is 250 g/mol. The van der Waals surface area contributed by atoms with Gasteiger partial charge in [0.1, 0.15) is 6.07 Å². The SMILES string of the molecule is CCC(C#N)Oc1ccc(CNC(C)C)cc1F. The molecule has 1 rings (SSSR count). The van der Waals surface area contributed by atoms with E-state index in [0.29, 0.717) is 19.0 Å². The molecule has 1 aromatic carbocycles. The smallest absolute Gasteiger partial charge is 0.184 e. The van der Waals surface area contributed by atoms with Crippen LogP contribution in [0.15, 0.2) is 18.2 Å². The van der Waals surface area contributed by atoms with Crippen molar-refractivity contribution in [3.8, 4) is 11.8 Å². The highest BCUT2D eigenvalue weighted by atomic mass is 19.1. The predicted octanol–water partition coefficient (Wildman–Crippen LogP) is 3.00. The molecule has 0 radical (unpaired) electrons. The van der Waals surface area contributed by atoms with Gasteiger partial charge in [0, 0.05) is 12.6 Å². The van der Waals surface area contributed by atoms with Crippen molar-refractivity contribution in [2.75, 3.05) is 0 Å². The van der Waals surface area contributed by atoms with E-state index in [-0.39, 0.29) is 5.75 Å². The lowest BCUT2D eigenvalue weighted by Gasteiger charge is -2.13. The van der Waals surface area contributed by atoms with E-state index < -0.39 is 11.9 Å². The van der Waals surface area contributed by atoms with Crippen molar-refractivity contribution in [1.29, 1.82) is 5.26 Å². The van der Waals surface area contributed by atoms with E-state index in [1.807, 2.05) is 26.8 Å². The Balaban J connectivity index is 2.71. The molecule has 98 valence electrons. The summed E-state index contributed by atoms with van der Waals surface area (Å²) in [5.74, 6) is -0.288. The number of ether oxygens (including phenoxy) is 1. The highest BCUT2D eigenvalue weighted by molar-refractivity contribution is 5.30. The van der Waals surface area contributed by atoms with Crippen LogP contribution in [0.4, 0.5) is 4.39 Å². The van der Waals surface area contributed by atoms with Crippen LogP contribution in [0.2, 0.25) is 0 Å². The van der Waals surface area contributed by atoms with Crippen molar-refractivity contribution in [3.05, 3.63) is 29.6 Å². The topological polar surface area (TPSA) is 45.0 Å². The molecule has 0 amide bonds. The van der Waals surface area contributed by atoms with Gasteiger partial charge in [-0.25, -0.2) is 4.39 Å². The fourth-order valence-corrected chi connectivity index (χ4v) is 1.43. The van der Waals surface area contributed by atoms with Gasteiger partial charge in [0.25, 0.3) is 0 Å². The van der Waals surface area contributed by atoms with Gasteiger partial charge >= 0.3 is 0 Å². The number of rotatable bonds is 6. The van der Waals surface area contributed by atoms with Crippen molar-refractivity contribution in [3.63, 3.8) is 0 Å². The summed E-state index contributed by atoms with van der Waals surface area (Å²) in [6, 6.07) is 7.15. The van der Waals surface area contributed by atoms with Gasteiger partial charge in [-0.15, -0.1) is 0 Å². The second-order valence-corrected chi connectivity index (χ2v) is 4.44. The molecule has 1 aromatic rings. The second-order valence-electron chi connectivity index (χ2n) is 4.44. The van der Waals surface area contributed by atoms with E-state index in [4.69, 9.17) is 10.00 Å². The lowest BCUT2D eigenvalue weighted by Crippen LogP contribution is -2.21. The first-order valence-corrected chi connectivity index (χ1v) is 6.14. The van der Waals surface area contributed by atoms with Crippen LogP contribution in [0.5, 0.6) is 5.75 Å². The number of nitriles is 1. The van der Waals surface area contributed by atoms with E-state index in [1.54, 1.807) is 12.1 Å². The zero-order valence-electron chi connectivity index (χ0n) is 11.0. The molecule has 0 spiro atoms. The Morgan fingerprint density at radius 3 is 2.67 bits per heavy atom. The van der Waals surface area contributed by atoms with Gasteiger partial charge in [-0.3, -0.25) is 0 Å². The first-order chi connectivity index (χ1) is 8.56. The average molecular weight is 250 g/mol. The summed E-state index contributed by atoms with van der Waals surface area (Å²) >= 11 is 0. The lowest BCUT2D eigenvalue weighted by molar-refractivity contribution is 0.240. The van der Waals surface area contributed by atoms with Gasteiger partial charge in [0.15, 0.2) is 17.7 Å². The maximum atomic E-state index is 13.7. The maximum Gasteiger partial charge on any atom is 0.184 e. The summed E-state index contributed by atoms with van der Waals surface area (Å²) in [6.45, 7) is 6.51. The molecule has 0 fully saturated rings. The molecule has 0 saturated carbocycles. The highest BCUT2D eigenvalue weighted by Gasteiger charge is 2.10. The third-order valence-corrected chi connectivity index (χ3v) is 2.49. The largest absolute Gasteiger partial charge is 0.473 e. The maximum absolute atomic E-state index is 13.7. The zero-order valence-corrected chi connectivity index (χ0v) is 11.0. The molecular weight excluding hydrogens is 231 g/mol. The average Bonchev–Trinajstić information content (AvgIpc) is 2.35. The second kappa shape index (κ2) is 6.97. The van der Waals surface area contributed by atoms with Crippen LogP contribution in [0, 0.1) is 17.1 Å². The quantitative estimate of drug-likeness (QED) is 0.844. The Hall–Kier alpha value is -1.60. The van der Waals surface area contributed by atoms with Crippen LogP contribution in [0.25, 0.3) is 0 Å². The van der Waals surface area contributed by atoms with E-state index in [1.165, 1.54) is 6.07 Å². The minimum Gasteiger partial charge on any atom is -0.473 e. The Kier molecular flexibility index (Phi) is 5.60. The van der Waals surface area contributed by atoms with Crippen LogP contribution in [-0.2, 0) is 6.54 Å². The summed E-state index contributed by atoms with van der Waals surface area (Å²) in [4.78, 5) is 0. The van der Waals surface area contributed by atoms with Crippen LogP contribution in [-0.4, -0.2) is 12.1 Å². The highest BCUT2D eigenvalue weighted by Crippen LogP contribution is 2.20. The standard InChI is InChI=1S/C14H19FN2O/c1-4-12(8-16)18-14-6-5-11(7-13(14)15)9-17-10(2)3/h5-7,10,12,17H,4,9H2,1-3H3. The molecule has 0 aromatic heterocycles. The fourth-order valence-electron chi connectivity index (χ4n) is 1.43. The van der Waals surface area contributed by atoms with Gasteiger partial charge in [-0.05, 0) is 24.1 Å². The summed E-state index contributed by atoms with van der Waals surface area (Å²) < 4.78 is 19.0. The van der Waals surface area contributed by atoms with Crippen molar-refractivity contribution >= 4 is 0 Å². The van der Waals surface area contributed by atoms with Crippen molar-refractivity contribution in [1.82, 2.24) is 5.32 Å². The van der Waals surface area contributed by atoms with Gasteiger partial charge in [-0.1, -0.05) is 26.8 Å². The normalized spacial score (nSPS) is 12.2. The molecule has 4 heteroatoms. The molecule has 0 aliphatic heterocycles. The number of hydrogen-bond donors (Lipinski definition) is 1. The van der Waals surface area contributed by atoms with Crippen LogP contribution >= 0.6 is 0 Å². The summed E-state index contributed by atoms with van der Waals surface area (Å²) in [5.41, 5.74) is 0.860. The molecule has 0 saturated heterocycles. The van der Waals surface area contributed by atoms with Crippen molar-refractivity contribution in [2.24, 2.45) is 0 Å². The molecule has 0 aliphatic rings. The molecule has 0 heterocycles. The Morgan fingerprint density at radius 1 is 1.44 bits per heavy atom. The minimum atomic E-state index is -0.598. The molecule has 0 aliphatic carbocycles. The third kappa shape index (κ3) is 4.34. The Labute approximate surface area is 108 Å². The predicted molar refractivity (Wildman–Crippen MR) is 68.7 cm³/mol. The first kappa shape index (κ1) is 14.5. The Morgan fingerprint density at radius 2 is 2.17 bits per heavy atom. The number of nitrogens with zero attached hydrogens (tertiary/aromatic N) is 1. The molecule has 3 nitrogen and oxygen atoms in total. The number of nitrogens with one attached hydrogen (secondary N) is 1. The summed E-state index contributed by atoms with van der Waals surface area (Å²) in [5, 5.41) is 12.0. The van der Waals surface area contributed by atoms with Crippen molar-refractivity contribution < 1.29 is 9.13 Å². The lowest BCUT2D eigenvalue weighted by atomic mass is 10.2. The van der Waals surface area contributed by atoms with E-state index in [9.17, 15) is 4.39 Å². The van der Waals surface area contributed by atoms with Gasteiger partial charge in [0.05, 0.1) is 0 Å². The van der Waals surface area contributed by atoms with Crippen molar-refractivity contribution in [2.45, 2.75) is 45.9 Å². The number of benzene rings is 1. The fraction of sp³-hybridized carbons (Fsp3) is 0.500. The van der Waals surface area contributed by atoms with Gasteiger partial charge in [-0.2, -0.15) is 5.26 Å². The molecule has 1 atom stereocenters. The molecular formula is C14H19FN2O. The van der Waals surface area contributed by atoms with E-state index in [0.717, 1.165) is 5.56 Å². The first-order valence-electron chi connectivity index (χ1n) is 6.14. The number of halogens is 1. The van der Waals surface area contributed by atoms with E-state index in [2.05, 4.69) is 5.32 Å². The van der Waals surface area contributed by atoms with E-state index >= 15 is 0 Å². The molecule has 1 unspecified atom stereocenters. The van der Waals surface area contributed by atoms with Gasteiger partial charge < -0.3 is 10.1 Å². The van der Waals surface area contributed by atoms with Crippen LogP contribution < -0.4 is 10.1 Å². The van der Waals surface area contributed by atoms with Crippen LogP contribution in [0.1, 0.15) is 32.8 Å². The summed E-state index contributed by atoms with van der Waals surface area (Å²) in [6.07, 6.45) is -0.0637. The third-order valence-electron chi connectivity index (χ3n) is 2.49. The summed E-state index contributed by atoms with van der Waals surface area (Å²) in [7, 11) is 0. The van der Waals surface area contributed by atoms with Gasteiger partial charge in [0.2, 0.25) is 0 Å². The Bertz CT molecular complexity index is 426. The molecule has 0 bridgehead atoms. The zero-order chi connectivity index (χ0) is 13.5. The molecule has 18 heavy (non-hydrogen) atoms. The van der Waals surface area contributed by atoms with Crippen LogP contribution in [0.3, 0.4) is 0 Å².